The van der Waals surface area contributed by atoms with E-state index in [0.29, 0.717) is 0 Å². The van der Waals surface area contributed by atoms with Gasteiger partial charge in [-0.15, -0.1) is 0 Å². The maximum Gasteiger partial charge on any atom is 0.417 e. The quantitative estimate of drug-likeness (QED) is 0.121. The van der Waals surface area contributed by atoms with Crippen LogP contribution in [0.2, 0.25) is 5.02 Å². The van der Waals surface area contributed by atoms with Gasteiger partial charge in [-0.3, -0.25) is 19.2 Å². The van der Waals surface area contributed by atoms with Crippen LogP contribution in [0.5, 0.6) is 0 Å². The summed E-state index contributed by atoms with van der Waals surface area (Å²) in [4.78, 5) is 56.1. The van der Waals surface area contributed by atoms with Crippen molar-refractivity contribution in [1.29, 1.82) is 0 Å². The van der Waals surface area contributed by atoms with Crippen LogP contribution in [-0.2, 0) is 39.6 Å². The summed E-state index contributed by atoms with van der Waals surface area (Å²) < 4.78 is 70.2. The molecule has 0 saturated carbocycles. The fourth-order valence-corrected chi connectivity index (χ4v) is 3.77. The molecule has 0 aliphatic carbocycles. The molecule has 0 radical (unpaired) electrons. The maximum absolute atomic E-state index is 15.5. The number of carbonyl (C=O) groups excluding carboxylic acids is 5. The van der Waals surface area contributed by atoms with E-state index in [2.05, 4.69) is 14.2 Å². The molecule has 0 atom stereocenters. The molecule has 15 heteroatoms. The van der Waals surface area contributed by atoms with Crippen molar-refractivity contribution in [3.63, 3.8) is 0 Å². The second-order valence-electron chi connectivity index (χ2n) is 7.82. The van der Waals surface area contributed by atoms with Crippen molar-refractivity contribution in [3.05, 3.63) is 51.8 Å². The summed E-state index contributed by atoms with van der Waals surface area (Å²) in [6, 6.07) is 4.38. The van der Waals surface area contributed by atoms with Crippen LogP contribution in [0.3, 0.4) is 0 Å². The minimum Gasteiger partial charge on any atom is -0.466 e. The van der Waals surface area contributed by atoms with Gasteiger partial charge in [0.1, 0.15) is 12.8 Å². The zero-order valence-electron chi connectivity index (χ0n) is 22.2. The van der Waals surface area contributed by atoms with Crippen LogP contribution in [0.25, 0.3) is 11.1 Å². The zero-order valence-corrected chi connectivity index (χ0v) is 23.7. The van der Waals surface area contributed by atoms with Gasteiger partial charge in [-0.2, -0.15) is 13.2 Å². The number of ether oxygens (including phenoxy) is 3. The summed E-state index contributed by atoms with van der Waals surface area (Å²) in [5.41, 5.74) is -3.90. The molecule has 1 N–H and O–H groups in total. The number of carbonyl (C=O) groups is 5. The lowest BCUT2D eigenvalue weighted by atomic mass is 9.93. The van der Waals surface area contributed by atoms with Crippen LogP contribution in [0, 0.1) is 12.7 Å². The molecule has 0 fully saturated rings. The van der Waals surface area contributed by atoms with E-state index in [1.807, 2.05) is 5.32 Å². The van der Waals surface area contributed by atoms with Gasteiger partial charge >= 0.3 is 24.1 Å². The first-order valence-corrected chi connectivity index (χ1v) is 12.4. The minimum atomic E-state index is -4.84. The standard InChI is InChI=1S/C21H18ClF4NO5.C5H7ClO3/c1-4-32-15(29)9-14(28)27-19-12(20(30)31-3)8-13(22)16(18(19)23)11-7-5-6-10(2)17(11)21(24,25)26;1-2-9-5(8)3-4(6)7/h5-8H,4,9H2,1-3H3,(H,27,28);2-3H2,1H3. The zero-order chi connectivity index (χ0) is 31.5. The number of benzene rings is 2. The molecule has 0 bridgehead atoms. The Morgan fingerprint density at radius 2 is 1.54 bits per heavy atom. The molecular weight excluding hydrogens is 601 g/mol. The minimum absolute atomic E-state index is 0.00739. The summed E-state index contributed by atoms with van der Waals surface area (Å²) >= 11 is 10.9. The molecule has 0 saturated heterocycles. The molecule has 224 valence electrons. The van der Waals surface area contributed by atoms with Crippen LogP contribution in [0.4, 0.5) is 23.2 Å². The van der Waals surface area contributed by atoms with Crippen molar-refractivity contribution in [3.8, 4) is 11.1 Å². The number of hydrogen-bond donors (Lipinski definition) is 1. The highest BCUT2D eigenvalue weighted by atomic mass is 35.5. The first kappa shape index (κ1) is 35.3. The number of amides is 1. The summed E-state index contributed by atoms with van der Waals surface area (Å²) in [6.45, 7) is 4.64. The number of anilines is 1. The van der Waals surface area contributed by atoms with Gasteiger partial charge in [0.15, 0.2) is 5.82 Å². The third kappa shape index (κ3) is 10.3. The van der Waals surface area contributed by atoms with Crippen LogP contribution in [-0.4, -0.2) is 49.4 Å². The van der Waals surface area contributed by atoms with Crippen LogP contribution < -0.4 is 5.32 Å². The lowest BCUT2D eigenvalue weighted by Crippen LogP contribution is -2.21. The Labute approximate surface area is 242 Å². The lowest BCUT2D eigenvalue weighted by molar-refractivity contribution is -0.146. The van der Waals surface area contributed by atoms with E-state index in [-0.39, 0.29) is 25.2 Å². The summed E-state index contributed by atoms with van der Waals surface area (Å²) in [5, 5.41) is 0.840. The molecule has 1 amide bonds. The Bertz CT molecular complexity index is 1320. The second-order valence-corrected chi connectivity index (χ2v) is 8.65. The number of halogens is 6. The SMILES string of the molecule is CCOC(=O)CC(=O)Cl.CCOC(=O)CC(=O)Nc1c(C(=O)OC)cc(Cl)c(-c2cccc(C)c2C(F)(F)F)c1F. The monoisotopic (exact) mass is 625 g/mol. The molecule has 2 rings (SSSR count). The number of aryl methyl sites for hydroxylation is 1. The van der Waals surface area contributed by atoms with Gasteiger partial charge in [-0.1, -0.05) is 29.8 Å². The highest BCUT2D eigenvalue weighted by molar-refractivity contribution is 6.64. The van der Waals surface area contributed by atoms with Crippen LogP contribution in [0.1, 0.15) is 48.2 Å². The van der Waals surface area contributed by atoms with Crippen molar-refractivity contribution in [2.24, 2.45) is 0 Å². The normalized spacial score (nSPS) is 10.6. The second kappa shape index (κ2) is 15.9. The van der Waals surface area contributed by atoms with E-state index in [0.717, 1.165) is 19.2 Å². The molecule has 2 aromatic carbocycles. The van der Waals surface area contributed by atoms with Gasteiger partial charge in [-0.05, 0) is 49.6 Å². The summed E-state index contributed by atoms with van der Waals surface area (Å²) in [5.74, 6) is -5.05. The molecule has 0 aromatic heterocycles. The summed E-state index contributed by atoms with van der Waals surface area (Å²) in [7, 11) is 0.981. The Hall–Kier alpha value is -3.71. The van der Waals surface area contributed by atoms with Gasteiger partial charge in [0.25, 0.3) is 0 Å². The van der Waals surface area contributed by atoms with E-state index >= 15 is 4.39 Å². The van der Waals surface area contributed by atoms with Gasteiger partial charge in [0, 0.05) is 5.56 Å². The first-order chi connectivity index (χ1) is 19.1. The Kier molecular flexibility index (Phi) is 13.7. The number of hydrogen-bond acceptors (Lipinski definition) is 8. The average molecular weight is 626 g/mol. The number of nitrogens with one attached hydrogen (secondary N) is 1. The Morgan fingerprint density at radius 1 is 0.976 bits per heavy atom. The molecule has 2 aromatic rings. The van der Waals surface area contributed by atoms with E-state index in [1.54, 1.807) is 6.92 Å². The Morgan fingerprint density at radius 3 is 2.02 bits per heavy atom. The molecule has 41 heavy (non-hydrogen) atoms. The molecule has 0 heterocycles. The van der Waals surface area contributed by atoms with Crippen LogP contribution >= 0.6 is 23.2 Å². The number of alkyl halides is 3. The van der Waals surface area contributed by atoms with Gasteiger partial charge in [0.05, 0.1) is 42.2 Å². The number of esters is 3. The predicted octanol–water partition coefficient (Wildman–Crippen LogP) is 5.86. The van der Waals surface area contributed by atoms with Gasteiger partial charge in [-0.25, -0.2) is 9.18 Å². The Balaban J connectivity index is 0.000000803. The highest BCUT2D eigenvalue weighted by Gasteiger charge is 2.37. The fraction of sp³-hybridized carbons (Fsp3) is 0.346. The van der Waals surface area contributed by atoms with E-state index in [1.165, 1.54) is 26.0 Å². The van der Waals surface area contributed by atoms with E-state index in [9.17, 15) is 37.1 Å². The molecular formula is C26H25Cl2F4NO8. The number of methoxy groups -OCH3 is 1. The molecule has 0 aliphatic rings. The third-order valence-electron chi connectivity index (χ3n) is 4.91. The lowest BCUT2D eigenvalue weighted by Gasteiger charge is -2.20. The molecule has 0 unspecified atom stereocenters. The van der Waals surface area contributed by atoms with Crippen molar-refractivity contribution >= 4 is 57.9 Å². The molecule has 0 spiro atoms. The van der Waals surface area contributed by atoms with Crippen molar-refractivity contribution < 1.29 is 55.7 Å². The van der Waals surface area contributed by atoms with Gasteiger partial charge < -0.3 is 19.5 Å². The van der Waals surface area contributed by atoms with E-state index in [4.69, 9.17) is 23.2 Å². The molecule has 0 aliphatic heterocycles. The van der Waals surface area contributed by atoms with Crippen LogP contribution in [0.15, 0.2) is 24.3 Å². The highest BCUT2D eigenvalue weighted by Crippen LogP contribution is 2.44. The van der Waals surface area contributed by atoms with E-state index < -0.39 is 80.4 Å². The summed E-state index contributed by atoms with van der Waals surface area (Å²) in [6.07, 6.45) is -6.00. The van der Waals surface area contributed by atoms with Crippen molar-refractivity contribution in [2.45, 2.75) is 39.8 Å². The predicted molar refractivity (Wildman–Crippen MR) is 140 cm³/mol. The third-order valence-corrected chi connectivity index (χ3v) is 5.34. The van der Waals surface area contributed by atoms with Crippen molar-refractivity contribution in [2.75, 3.05) is 25.6 Å². The fourth-order valence-electron chi connectivity index (χ4n) is 3.36. The smallest absolute Gasteiger partial charge is 0.417 e. The maximum atomic E-state index is 15.5. The molecule has 9 nitrogen and oxygen atoms in total. The first-order valence-electron chi connectivity index (χ1n) is 11.7. The average Bonchev–Trinajstić information content (AvgIpc) is 2.84. The number of rotatable bonds is 9. The van der Waals surface area contributed by atoms with Crippen molar-refractivity contribution in [1.82, 2.24) is 0 Å². The van der Waals surface area contributed by atoms with Gasteiger partial charge in [0.2, 0.25) is 11.1 Å². The largest absolute Gasteiger partial charge is 0.466 e. The topological polar surface area (TPSA) is 125 Å².